The van der Waals surface area contributed by atoms with E-state index in [1.807, 2.05) is 12.1 Å². The van der Waals surface area contributed by atoms with Gasteiger partial charge >= 0.3 is 0 Å². The molecule has 0 saturated heterocycles. The Hall–Kier alpha value is -1.26. The second-order valence-corrected chi connectivity index (χ2v) is 4.06. The lowest BCUT2D eigenvalue weighted by Gasteiger charge is -2.15. The topological polar surface area (TPSA) is 36.9 Å². The maximum absolute atomic E-state index is 5.71. The molecule has 0 aromatic heterocycles. The zero-order valence-electron chi connectivity index (χ0n) is 10.8. The van der Waals surface area contributed by atoms with E-state index in [9.17, 15) is 0 Å². The van der Waals surface area contributed by atoms with Crippen molar-refractivity contribution in [2.45, 2.75) is 13.3 Å². The van der Waals surface area contributed by atoms with Crippen LogP contribution in [0.5, 0.6) is 11.5 Å². The number of aryl methyl sites for hydroxylation is 1. The van der Waals surface area contributed by atoms with Crippen LogP contribution in [0.2, 0.25) is 0 Å². The zero-order valence-corrected chi connectivity index (χ0v) is 10.8. The van der Waals surface area contributed by atoms with Gasteiger partial charge < -0.3 is 18.9 Å². The Labute approximate surface area is 108 Å². The number of benzene rings is 1. The first-order chi connectivity index (χ1) is 8.90. The zero-order chi connectivity index (χ0) is 12.6. The molecule has 100 valence electrons. The summed E-state index contributed by atoms with van der Waals surface area (Å²) in [5.74, 6) is 1.56. The van der Waals surface area contributed by atoms with E-state index in [4.69, 9.17) is 18.9 Å². The van der Waals surface area contributed by atoms with Crippen molar-refractivity contribution < 1.29 is 18.9 Å². The Morgan fingerprint density at radius 2 is 1.44 bits per heavy atom. The van der Waals surface area contributed by atoms with Gasteiger partial charge in [0.25, 0.3) is 0 Å². The third-order valence-electron chi connectivity index (χ3n) is 2.76. The maximum Gasteiger partial charge on any atom is 0.161 e. The summed E-state index contributed by atoms with van der Waals surface area (Å²) in [5.41, 5.74) is 1.24. The molecule has 4 heteroatoms. The van der Waals surface area contributed by atoms with Crippen LogP contribution in [0.4, 0.5) is 0 Å². The minimum atomic E-state index is 0.530. The summed E-state index contributed by atoms with van der Waals surface area (Å²) in [6.07, 6.45) is 0.982. The molecule has 4 nitrogen and oxygen atoms in total. The van der Waals surface area contributed by atoms with Gasteiger partial charge in [-0.15, -0.1) is 0 Å². The van der Waals surface area contributed by atoms with Gasteiger partial charge in [0, 0.05) is 0 Å². The average molecular weight is 252 g/mol. The second kappa shape index (κ2) is 7.24. The Balaban J connectivity index is 2.07. The van der Waals surface area contributed by atoms with E-state index >= 15 is 0 Å². The summed E-state index contributed by atoms with van der Waals surface area (Å²) >= 11 is 0. The lowest BCUT2D eigenvalue weighted by atomic mass is 10.1. The number of ether oxygens (including phenoxy) is 4. The monoisotopic (exact) mass is 252 g/mol. The van der Waals surface area contributed by atoms with E-state index in [-0.39, 0.29) is 0 Å². The van der Waals surface area contributed by atoms with Crippen molar-refractivity contribution in [1.29, 1.82) is 0 Å². The molecule has 18 heavy (non-hydrogen) atoms. The molecule has 0 unspecified atom stereocenters. The fourth-order valence-corrected chi connectivity index (χ4v) is 1.75. The molecule has 1 aromatic rings. The standard InChI is InChI=1S/C14H20O4/c1-2-12-3-4-13-14(11-12)18-10-8-16-6-5-15-7-9-17-13/h3-4,11H,2,5-10H2,1H3. The van der Waals surface area contributed by atoms with E-state index < -0.39 is 0 Å². The van der Waals surface area contributed by atoms with E-state index in [0.717, 1.165) is 17.9 Å². The summed E-state index contributed by atoms with van der Waals surface area (Å²) in [6.45, 7) is 5.52. The summed E-state index contributed by atoms with van der Waals surface area (Å²) in [6, 6.07) is 6.05. The van der Waals surface area contributed by atoms with Crippen LogP contribution in [-0.4, -0.2) is 39.6 Å². The van der Waals surface area contributed by atoms with Crippen LogP contribution < -0.4 is 9.47 Å². The van der Waals surface area contributed by atoms with Gasteiger partial charge in [-0.1, -0.05) is 13.0 Å². The predicted octanol–water partition coefficient (Wildman–Crippen LogP) is 2.05. The SMILES string of the molecule is CCc1ccc2c(c1)OCCOCCOCCO2. The number of hydrogen-bond acceptors (Lipinski definition) is 4. The van der Waals surface area contributed by atoms with Crippen molar-refractivity contribution in [3.8, 4) is 11.5 Å². The molecule has 0 aliphatic carbocycles. The molecule has 1 aliphatic rings. The number of fused-ring (bicyclic) bond motifs is 1. The molecule has 1 aromatic carbocycles. The van der Waals surface area contributed by atoms with Crippen LogP contribution in [0.15, 0.2) is 18.2 Å². The van der Waals surface area contributed by atoms with Gasteiger partial charge in [0.1, 0.15) is 13.2 Å². The molecule has 0 radical (unpaired) electrons. The van der Waals surface area contributed by atoms with Crippen LogP contribution in [0.3, 0.4) is 0 Å². The maximum atomic E-state index is 5.71. The molecule has 0 atom stereocenters. The summed E-state index contributed by atoms with van der Waals surface area (Å²) in [7, 11) is 0. The number of hydrogen-bond donors (Lipinski definition) is 0. The normalized spacial score (nSPS) is 17.6. The highest BCUT2D eigenvalue weighted by Crippen LogP contribution is 2.28. The molecular weight excluding hydrogens is 232 g/mol. The van der Waals surface area contributed by atoms with E-state index in [1.54, 1.807) is 0 Å². The van der Waals surface area contributed by atoms with Gasteiger partial charge in [-0.3, -0.25) is 0 Å². The van der Waals surface area contributed by atoms with Gasteiger partial charge in [0.05, 0.1) is 26.4 Å². The lowest BCUT2D eigenvalue weighted by Crippen LogP contribution is -2.15. The molecule has 0 amide bonds. The molecule has 0 bridgehead atoms. The largest absolute Gasteiger partial charge is 0.487 e. The third-order valence-corrected chi connectivity index (χ3v) is 2.76. The van der Waals surface area contributed by atoms with Crippen molar-refractivity contribution >= 4 is 0 Å². The van der Waals surface area contributed by atoms with Crippen molar-refractivity contribution in [3.63, 3.8) is 0 Å². The van der Waals surface area contributed by atoms with Crippen LogP contribution in [0, 0.1) is 0 Å². The minimum absolute atomic E-state index is 0.530. The first-order valence-corrected chi connectivity index (χ1v) is 6.44. The van der Waals surface area contributed by atoms with Gasteiger partial charge in [0.2, 0.25) is 0 Å². The van der Waals surface area contributed by atoms with Gasteiger partial charge in [-0.05, 0) is 24.1 Å². The summed E-state index contributed by atoms with van der Waals surface area (Å²) in [4.78, 5) is 0. The van der Waals surface area contributed by atoms with Gasteiger partial charge in [-0.2, -0.15) is 0 Å². The quantitative estimate of drug-likeness (QED) is 0.766. The Morgan fingerprint density at radius 3 is 2.11 bits per heavy atom. The van der Waals surface area contributed by atoms with Gasteiger partial charge in [0.15, 0.2) is 11.5 Å². The molecule has 1 heterocycles. The molecular formula is C14H20O4. The fraction of sp³-hybridized carbons (Fsp3) is 0.571. The smallest absolute Gasteiger partial charge is 0.161 e. The molecule has 0 spiro atoms. The highest BCUT2D eigenvalue weighted by atomic mass is 16.6. The van der Waals surface area contributed by atoms with Crippen molar-refractivity contribution in [3.05, 3.63) is 23.8 Å². The number of rotatable bonds is 1. The van der Waals surface area contributed by atoms with Crippen molar-refractivity contribution in [1.82, 2.24) is 0 Å². The molecule has 0 N–H and O–H groups in total. The van der Waals surface area contributed by atoms with E-state index in [0.29, 0.717) is 39.6 Å². The highest BCUT2D eigenvalue weighted by Gasteiger charge is 2.07. The fourth-order valence-electron chi connectivity index (χ4n) is 1.75. The first kappa shape index (κ1) is 13.2. The summed E-state index contributed by atoms with van der Waals surface area (Å²) in [5, 5.41) is 0. The Bertz CT molecular complexity index is 365. The minimum Gasteiger partial charge on any atom is -0.487 e. The van der Waals surface area contributed by atoms with Crippen molar-refractivity contribution in [2.75, 3.05) is 39.6 Å². The summed E-state index contributed by atoms with van der Waals surface area (Å²) < 4.78 is 22.1. The van der Waals surface area contributed by atoms with Gasteiger partial charge in [-0.25, -0.2) is 0 Å². The molecule has 1 aliphatic heterocycles. The van der Waals surface area contributed by atoms with E-state index in [1.165, 1.54) is 5.56 Å². The van der Waals surface area contributed by atoms with Crippen molar-refractivity contribution in [2.24, 2.45) is 0 Å². The second-order valence-electron chi connectivity index (χ2n) is 4.06. The average Bonchev–Trinajstić information content (AvgIpc) is 2.39. The molecule has 0 fully saturated rings. The van der Waals surface area contributed by atoms with Crippen LogP contribution in [0.1, 0.15) is 12.5 Å². The Kier molecular flexibility index (Phi) is 5.30. The highest BCUT2D eigenvalue weighted by molar-refractivity contribution is 5.43. The third kappa shape index (κ3) is 3.89. The molecule has 0 saturated carbocycles. The molecule has 2 rings (SSSR count). The van der Waals surface area contributed by atoms with Crippen LogP contribution >= 0.6 is 0 Å². The van der Waals surface area contributed by atoms with E-state index in [2.05, 4.69) is 13.0 Å². The lowest BCUT2D eigenvalue weighted by molar-refractivity contribution is 0.0223. The predicted molar refractivity (Wildman–Crippen MR) is 68.4 cm³/mol. The Morgan fingerprint density at radius 1 is 0.833 bits per heavy atom. The van der Waals surface area contributed by atoms with Crippen LogP contribution in [0.25, 0.3) is 0 Å². The van der Waals surface area contributed by atoms with Crippen LogP contribution in [-0.2, 0) is 15.9 Å². The first-order valence-electron chi connectivity index (χ1n) is 6.44.